The van der Waals surface area contributed by atoms with Gasteiger partial charge in [-0.3, -0.25) is 19.2 Å². The molecule has 0 spiro atoms. The molecule has 4 amide bonds. The minimum atomic E-state index is -1.50. The lowest BCUT2D eigenvalue weighted by Crippen LogP contribution is -2.54. The van der Waals surface area contributed by atoms with E-state index in [1.807, 2.05) is 19.1 Å². The van der Waals surface area contributed by atoms with E-state index in [9.17, 15) is 29.2 Å². The molecule has 1 rings (SSSR count). The molecule has 2 atom stereocenters. The van der Waals surface area contributed by atoms with Gasteiger partial charge in [0.2, 0.25) is 17.7 Å². The van der Waals surface area contributed by atoms with Crippen LogP contribution in [0.25, 0.3) is 0 Å². The molecule has 0 fully saturated rings. The van der Waals surface area contributed by atoms with Crippen molar-refractivity contribution in [3.63, 3.8) is 0 Å². The predicted octanol–water partition coefficient (Wildman–Crippen LogP) is 1.53. The summed E-state index contributed by atoms with van der Waals surface area (Å²) in [6.07, 6.45) is -1.67. The fraction of sp³-hybridized carbons (Fsp3) is 0.538. The Morgan fingerprint density at radius 2 is 1.82 bits per heavy atom. The van der Waals surface area contributed by atoms with Gasteiger partial charge in [-0.15, -0.1) is 0 Å². The standard InChI is InChI=1S/C26H37N5O7/c1-7-37-21(33)11-13-29-23(34)22(18-10-8-9-16(2)17(18)3)31(14-12-27)24(35)19(15-20(28)32)30-25(36)38-26(4,5)6/h8-10,19,22H,7,11,13-15H2,1-6H3,(H2,28,32)(H,29,34)(H,30,36). The molecular formula is C26H37N5O7. The molecule has 0 radical (unpaired) electrons. The van der Waals surface area contributed by atoms with Crippen LogP contribution in [0.5, 0.6) is 0 Å². The summed E-state index contributed by atoms with van der Waals surface area (Å²) < 4.78 is 10.1. The maximum absolute atomic E-state index is 13.7. The van der Waals surface area contributed by atoms with E-state index in [1.54, 1.807) is 46.8 Å². The summed E-state index contributed by atoms with van der Waals surface area (Å²) in [7, 11) is 0. The number of hydrogen-bond acceptors (Lipinski definition) is 8. The number of carbonyl (C=O) groups is 5. The molecule has 208 valence electrons. The largest absolute Gasteiger partial charge is 0.466 e. The highest BCUT2D eigenvalue weighted by Gasteiger charge is 2.37. The zero-order chi connectivity index (χ0) is 29.0. The Balaban J connectivity index is 3.46. The van der Waals surface area contributed by atoms with Crippen LogP contribution < -0.4 is 16.4 Å². The van der Waals surface area contributed by atoms with Gasteiger partial charge in [0.05, 0.1) is 25.5 Å². The number of benzene rings is 1. The molecule has 1 aromatic carbocycles. The Labute approximate surface area is 222 Å². The average Bonchev–Trinajstić information content (AvgIpc) is 2.79. The monoisotopic (exact) mass is 531 g/mol. The second kappa shape index (κ2) is 14.6. The number of carbonyl (C=O) groups excluding carboxylic acids is 5. The van der Waals surface area contributed by atoms with Crippen molar-refractivity contribution < 1.29 is 33.4 Å². The van der Waals surface area contributed by atoms with Crippen molar-refractivity contribution in [2.24, 2.45) is 5.73 Å². The number of rotatable bonds is 12. The van der Waals surface area contributed by atoms with Crippen molar-refractivity contribution in [3.05, 3.63) is 34.9 Å². The fourth-order valence-electron chi connectivity index (χ4n) is 3.56. The number of esters is 1. The minimum absolute atomic E-state index is 0.0749. The molecule has 1 aromatic rings. The Bertz CT molecular complexity index is 1070. The summed E-state index contributed by atoms with van der Waals surface area (Å²) in [6, 6.07) is 4.21. The zero-order valence-electron chi connectivity index (χ0n) is 22.8. The molecule has 0 saturated heterocycles. The first-order chi connectivity index (χ1) is 17.7. The van der Waals surface area contributed by atoms with E-state index < -0.39 is 60.4 Å². The summed E-state index contributed by atoms with van der Waals surface area (Å²) in [4.78, 5) is 64.0. The number of aryl methyl sites for hydroxylation is 1. The number of alkyl carbamates (subject to hydrolysis) is 1. The van der Waals surface area contributed by atoms with Gasteiger partial charge in [0.1, 0.15) is 24.2 Å². The molecule has 0 heterocycles. The van der Waals surface area contributed by atoms with Crippen LogP contribution in [-0.2, 0) is 28.7 Å². The van der Waals surface area contributed by atoms with E-state index in [2.05, 4.69) is 10.6 Å². The highest BCUT2D eigenvalue weighted by Crippen LogP contribution is 2.27. The van der Waals surface area contributed by atoms with Crippen LogP contribution in [-0.4, -0.2) is 66.0 Å². The fourth-order valence-corrected chi connectivity index (χ4v) is 3.56. The van der Waals surface area contributed by atoms with Gasteiger partial charge in [-0.05, 0) is 58.2 Å². The summed E-state index contributed by atoms with van der Waals surface area (Å²) in [6.45, 7) is 9.68. The van der Waals surface area contributed by atoms with E-state index in [0.717, 1.165) is 10.5 Å². The maximum Gasteiger partial charge on any atom is 0.408 e. The smallest absolute Gasteiger partial charge is 0.408 e. The highest BCUT2D eigenvalue weighted by atomic mass is 16.6. The number of hydrogen-bond donors (Lipinski definition) is 3. The molecule has 0 saturated carbocycles. The number of primary amides is 1. The summed E-state index contributed by atoms with van der Waals surface area (Å²) in [5, 5.41) is 14.5. The minimum Gasteiger partial charge on any atom is -0.466 e. The van der Waals surface area contributed by atoms with E-state index in [0.29, 0.717) is 11.1 Å². The molecule has 2 unspecified atom stereocenters. The van der Waals surface area contributed by atoms with Crippen LogP contribution in [0.4, 0.5) is 4.79 Å². The maximum atomic E-state index is 13.7. The Morgan fingerprint density at radius 1 is 1.16 bits per heavy atom. The molecule has 0 bridgehead atoms. The first kappa shape index (κ1) is 31.9. The van der Waals surface area contributed by atoms with E-state index in [1.165, 1.54) is 0 Å². The van der Waals surface area contributed by atoms with Gasteiger partial charge >= 0.3 is 12.1 Å². The van der Waals surface area contributed by atoms with Gasteiger partial charge in [-0.2, -0.15) is 5.26 Å². The number of nitrogens with zero attached hydrogens (tertiary/aromatic N) is 2. The summed E-state index contributed by atoms with van der Waals surface area (Å²) in [5.74, 6) is -2.95. The average molecular weight is 532 g/mol. The second-order valence-corrected chi connectivity index (χ2v) is 9.53. The van der Waals surface area contributed by atoms with E-state index >= 15 is 0 Å². The van der Waals surface area contributed by atoms with Gasteiger partial charge in [-0.25, -0.2) is 4.79 Å². The summed E-state index contributed by atoms with van der Waals surface area (Å²) in [5.41, 5.74) is 6.39. The number of nitriles is 1. The molecule has 0 aliphatic rings. The third-order valence-electron chi connectivity index (χ3n) is 5.35. The van der Waals surface area contributed by atoms with Crippen molar-refractivity contribution in [2.45, 2.75) is 72.1 Å². The lowest BCUT2D eigenvalue weighted by molar-refractivity contribution is -0.144. The lowest BCUT2D eigenvalue weighted by Gasteiger charge is -2.33. The van der Waals surface area contributed by atoms with Crippen LogP contribution in [0.3, 0.4) is 0 Å². The van der Waals surface area contributed by atoms with Gasteiger partial charge in [0.15, 0.2) is 0 Å². The normalized spacial score (nSPS) is 12.3. The van der Waals surface area contributed by atoms with Crippen molar-refractivity contribution in [3.8, 4) is 6.07 Å². The number of amides is 4. The third kappa shape index (κ3) is 10.1. The van der Waals surface area contributed by atoms with Crippen molar-refractivity contribution >= 4 is 29.8 Å². The molecular weight excluding hydrogens is 494 g/mol. The van der Waals surface area contributed by atoms with Gasteiger partial charge in [0.25, 0.3) is 0 Å². The van der Waals surface area contributed by atoms with E-state index in [4.69, 9.17) is 15.2 Å². The molecule has 0 aliphatic heterocycles. The third-order valence-corrected chi connectivity index (χ3v) is 5.35. The van der Waals surface area contributed by atoms with Crippen molar-refractivity contribution in [2.75, 3.05) is 19.7 Å². The Morgan fingerprint density at radius 3 is 2.37 bits per heavy atom. The SMILES string of the molecule is CCOC(=O)CCNC(=O)C(c1cccc(C)c1C)N(CC#N)C(=O)C(CC(N)=O)NC(=O)OC(C)(C)C. The van der Waals surface area contributed by atoms with Crippen molar-refractivity contribution in [1.82, 2.24) is 15.5 Å². The highest BCUT2D eigenvalue weighted by molar-refractivity contribution is 5.95. The Kier molecular flexibility index (Phi) is 12.2. The number of nitrogens with one attached hydrogen (secondary N) is 2. The van der Waals surface area contributed by atoms with Crippen LogP contribution in [0, 0.1) is 25.2 Å². The quantitative estimate of drug-likeness (QED) is 0.268. The molecule has 0 aliphatic carbocycles. The Hall–Kier alpha value is -4.14. The van der Waals surface area contributed by atoms with Crippen molar-refractivity contribution in [1.29, 1.82) is 5.26 Å². The first-order valence-electron chi connectivity index (χ1n) is 12.2. The predicted molar refractivity (Wildman–Crippen MR) is 137 cm³/mol. The number of nitrogens with two attached hydrogens (primary N) is 1. The zero-order valence-corrected chi connectivity index (χ0v) is 22.8. The van der Waals surface area contributed by atoms with Crippen LogP contribution in [0.2, 0.25) is 0 Å². The first-order valence-corrected chi connectivity index (χ1v) is 12.2. The van der Waals surface area contributed by atoms with Gasteiger partial charge in [-0.1, -0.05) is 18.2 Å². The van der Waals surface area contributed by atoms with Crippen LogP contribution in [0.1, 0.15) is 63.3 Å². The van der Waals surface area contributed by atoms with Crippen LogP contribution >= 0.6 is 0 Å². The lowest BCUT2D eigenvalue weighted by atomic mass is 9.95. The molecule has 4 N–H and O–H groups in total. The summed E-state index contributed by atoms with van der Waals surface area (Å²) >= 11 is 0. The molecule has 38 heavy (non-hydrogen) atoms. The second-order valence-electron chi connectivity index (χ2n) is 9.53. The molecule has 12 nitrogen and oxygen atoms in total. The molecule has 0 aromatic heterocycles. The van der Waals surface area contributed by atoms with Crippen LogP contribution in [0.15, 0.2) is 18.2 Å². The topological polar surface area (TPSA) is 181 Å². The van der Waals surface area contributed by atoms with Gasteiger partial charge < -0.3 is 30.7 Å². The van der Waals surface area contributed by atoms with Gasteiger partial charge in [0, 0.05) is 6.54 Å². The molecule has 12 heteroatoms. The number of ether oxygens (including phenoxy) is 2. The van der Waals surface area contributed by atoms with E-state index in [-0.39, 0.29) is 19.6 Å².